The molecule has 2 aromatic rings. The van der Waals surface area contributed by atoms with Gasteiger partial charge in [-0.05, 0) is 48.6 Å². The summed E-state index contributed by atoms with van der Waals surface area (Å²) >= 11 is 0. The van der Waals surface area contributed by atoms with Gasteiger partial charge in [0.2, 0.25) is 5.91 Å². The highest BCUT2D eigenvalue weighted by molar-refractivity contribution is 5.84. The second kappa shape index (κ2) is 7.99. The number of amides is 3. The highest BCUT2D eigenvalue weighted by Gasteiger charge is 2.24. The van der Waals surface area contributed by atoms with E-state index < -0.39 is 0 Å². The van der Waals surface area contributed by atoms with E-state index in [1.54, 1.807) is 17.3 Å². The Labute approximate surface area is 153 Å². The van der Waals surface area contributed by atoms with Crippen molar-refractivity contribution in [2.45, 2.75) is 26.3 Å². The normalized spacial score (nSPS) is 15.8. The fourth-order valence-corrected chi connectivity index (χ4v) is 3.04. The van der Waals surface area contributed by atoms with Crippen LogP contribution in [0.4, 0.5) is 4.79 Å². The van der Waals surface area contributed by atoms with Crippen LogP contribution in [0.25, 0.3) is 0 Å². The number of urea groups is 1. The summed E-state index contributed by atoms with van der Waals surface area (Å²) in [5.74, 6) is -0.123. The van der Waals surface area contributed by atoms with Crippen LogP contribution in [0.2, 0.25) is 0 Å². The third kappa shape index (κ3) is 4.20. The molecule has 1 saturated heterocycles. The van der Waals surface area contributed by atoms with Gasteiger partial charge in [-0.3, -0.25) is 9.78 Å². The van der Waals surface area contributed by atoms with E-state index in [0.717, 1.165) is 17.5 Å². The molecule has 2 heterocycles. The molecule has 0 radical (unpaired) electrons. The lowest BCUT2D eigenvalue weighted by atomic mass is 9.96. The predicted molar refractivity (Wildman–Crippen MR) is 99.7 cm³/mol. The summed E-state index contributed by atoms with van der Waals surface area (Å²) in [4.78, 5) is 30.3. The Balaban J connectivity index is 1.87. The Morgan fingerprint density at radius 3 is 2.81 bits per heavy atom. The monoisotopic (exact) mass is 352 g/mol. The molecule has 6 nitrogen and oxygen atoms in total. The van der Waals surface area contributed by atoms with Crippen LogP contribution in [0.15, 0.2) is 42.7 Å². The Bertz CT molecular complexity index is 792. The van der Waals surface area contributed by atoms with E-state index in [0.29, 0.717) is 13.1 Å². The van der Waals surface area contributed by atoms with Gasteiger partial charge in [0.15, 0.2) is 0 Å². The van der Waals surface area contributed by atoms with Gasteiger partial charge in [-0.1, -0.05) is 24.3 Å². The average Bonchev–Trinajstić information content (AvgIpc) is 2.87. The lowest BCUT2D eigenvalue weighted by molar-refractivity contribution is -0.121. The predicted octanol–water partition coefficient (Wildman–Crippen LogP) is 2.32. The van der Waals surface area contributed by atoms with E-state index in [1.807, 2.05) is 18.2 Å². The summed E-state index contributed by atoms with van der Waals surface area (Å²) in [6.07, 6.45) is 4.22. The van der Waals surface area contributed by atoms with E-state index in [9.17, 15) is 9.59 Å². The number of pyridine rings is 1. The largest absolute Gasteiger partial charge is 0.354 e. The first-order valence-electron chi connectivity index (χ1n) is 8.84. The minimum Gasteiger partial charge on any atom is -0.354 e. The Hall–Kier alpha value is -2.89. The molecule has 26 heavy (non-hydrogen) atoms. The van der Waals surface area contributed by atoms with Crippen molar-refractivity contribution in [1.82, 2.24) is 20.5 Å². The summed E-state index contributed by atoms with van der Waals surface area (Å²) in [7, 11) is 0. The maximum Gasteiger partial charge on any atom is 0.318 e. The number of nitrogens with one attached hydrogen (secondary N) is 2. The van der Waals surface area contributed by atoms with Crippen molar-refractivity contribution in [3.8, 4) is 0 Å². The minimum atomic E-state index is -0.318. The Morgan fingerprint density at radius 2 is 2.08 bits per heavy atom. The molecule has 1 fully saturated rings. The van der Waals surface area contributed by atoms with Crippen LogP contribution in [0.3, 0.4) is 0 Å². The van der Waals surface area contributed by atoms with Crippen molar-refractivity contribution in [2.24, 2.45) is 0 Å². The molecule has 1 aromatic carbocycles. The van der Waals surface area contributed by atoms with Gasteiger partial charge in [0.1, 0.15) is 6.54 Å². The zero-order valence-electron chi connectivity index (χ0n) is 15.2. The summed E-state index contributed by atoms with van der Waals surface area (Å²) in [5, 5.41) is 5.87. The van der Waals surface area contributed by atoms with Gasteiger partial charge in [0, 0.05) is 25.5 Å². The lowest BCUT2D eigenvalue weighted by Gasteiger charge is -2.25. The molecule has 0 aliphatic carbocycles. The molecule has 1 aliphatic heterocycles. The molecule has 1 aromatic heterocycles. The first kappa shape index (κ1) is 17.9. The Kier molecular flexibility index (Phi) is 5.51. The minimum absolute atomic E-state index is 0.0819. The molecule has 0 bridgehead atoms. The fourth-order valence-electron chi connectivity index (χ4n) is 3.04. The van der Waals surface area contributed by atoms with E-state index in [4.69, 9.17) is 0 Å². The molecule has 0 spiro atoms. The molecule has 1 unspecified atom stereocenters. The molecule has 6 heteroatoms. The number of hydrogen-bond acceptors (Lipinski definition) is 3. The first-order chi connectivity index (χ1) is 12.5. The number of nitrogens with zero attached hydrogens (tertiary/aromatic N) is 2. The summed E-state index contributed by atoms with van der Waals surface area (Å²) in [5.41, 5.74) is 4.27. The van der Waals surface area contributed by atoms with Gasteiger partial charge >= 0.3 is 6.03 Å². The molecular weight excluding hydrogens is 328 g/mol. The van der Waals surface area contributed by atoms with Crippen molar-refractivity contribution in [1.29, 1.82) is 0 Å². The number of hydrogen-bond donors (Lipinski definition) is 2. The van der Waals surface area contributed by atoms with Gasteiger partial charge < -0.3 is 15.5 Å². The van der Waals surface area contributed by atoms with Crippen molar-refractivity contribution < 1.29 is 9.59 Å². The lowest BCUT2D eigenvalue weighted by Crippen LogP contribution is -2.44. The number of carbonyl (C=O) groups is 2. The van der Waals surface area contributed by atoms with Gasteiger partial charge in [-0.15, -0.1) is 0 Å². The van der Waals surface area contributed by atoms with Crippen molar-refractivity contribution in [3.05, 3.63) is 65.0 Å². The van der Waals surface area contributed by atoms with Crippen molar-refractivity contribution in [2.75, 3.05) is 19.6 Å². The second-order valence-electron chi connectivity index (χ2n) is 6.64. The number of benzene rings is 1. The van der Waals surface area contributed by atoms with Gasteiger partial charge in [0.25, 0.3) is 0 Å². The molecule has 2 N–H and O–H groups in total. The zero-order chi connectivity index (χ0) is 18.5. The van der Waals surface area contributed by atoms with Crippen molar-refractivity contribution in [3.63, 3.8) is 0 Å². The first-order valence-corrected chi connectivity index (χ1v) is 8.84. The van der Waals surface area contributed by atoms with Crippen LogP contribution in [0.1, 0.15) is 34.7 Å². The molecule has 0 saturated carbocycles. The summed E-state index contributed by atoms with van der Waals surface area (Å²) < 4.78 is 0. The van der Waals surface area contributed by atoms with Crippen LogP contribution < -0.4 is 10.6 Å². The highest BCUT2D eigenvalue weighted by Crippen LogP contribution is 2.24. The van der Waals surface area contributed by atoms with Gasteiger partial charge in [-0.2, -0.15) is 0 Å². The van der Waals surface area contributed by atoms with Crippen LogP contribution in [0.5, 0.6) is 0 Å². The van der Waals surface area contributed by atoms with E-state index in [-0.39, 0.29) is 24.5 Å². The van der Waals surface area contributed by atoms with Gasteiger partial charge in [0.05, 0.1) is 6.04 Å². The number of aryl methyl sites for hydroxylation is 2. The SMILES string of the molecule is Cc1ccc(C(NC(=O)N2CCCNC(=O)C2)c2cccnc2)cc1C. The van der Waals surface area contributed by atoms with E-state index >= 15 is 0 Å². The molecule has 1 atom stereocenters. The summed E-state index contributed by atoms with van der Waals surface area (Å²) in [6.45, 7) is 5.36. The smallest absolute Gasteiger partial charge is 0.318 e. The third-order valence-electron chi connectivity index (χ3n) is 4.70. The van der Waals surface area contributed by atoms with Crippen LogP contribution in [-0.4, -0.2) is 41.5 Å². The van der Waals surface area contributed by atoms with Crippen molar-refractivity contribution >= 4 is 11.9 Å². The molecular formula is C20H24N4O2. The fraction of sp³-hybridized carbons (Fsp3) is 0.350. The molecule has 1 aliphatic rings. The number of aromatic nitrogens is 1. The number of rotatable bonds is 3. The zero-order valence-corrected chi connectivity index (χ0v) is 15.2. The van der Waals surface area contributed by atoms with E-state index in [1.165, 1.54) is 11.1 Å². The topological polar surface area (TPSA) is 74.3 Å². The Morgan fingerprint density at radius 1 is 1.23 bits per heavy atom. The quantitative estimate of drug-likeness (QED) is 0.890. The van der Waals surface area contributed by atoms with Crippen LogP contribution in [0, 0.1) is 13.8 Å². The average molecular weight is 352 g/mol. The third-order valence-corrected chi connectivity index (χ3v) is 4.70. The second-order valence-corrected chi connectivity index (χ2v) is 6.64. The highest BCUT2D eigenvalue weighted by atomic mass is 16.2. The van der Waals surface area contributed by atoms with E-state index in [2.05, 4.69) is 41.6 Å². The molecule has 3 rings (SSSR count). The van der Waals surface area contributed by atoms with Crippen LogP contribution in [-0.2, 0) is 4.79 Å². The maximum atomic E-state index is 12.8. The molecule has 136 valence electrons. The standard InChI is InChI=1S/C20H24N4O2/c1-14-6-7-16(11-15(14)2)19(17-5-3-8-21-12-17)23-20(26)24-10-4-9-22-18(25)13-24/h3,5-8,11-12,19H,4,9-10,13H2,1-2H3,(H,22,25)(H,23,26). The van der Waals surface area contributed by atoms with Gasteiger partial charge in [-0.25, -0.2) is 4.79 Å². The molecule has 3 amide bonds. The van der Waals surface area contributed by atoms with Crippen LogP contribution >= 0.6 is 0 Å². The summed E-state index contributed by atoms with van der Waals surface area (Å²) in [6, 6.07) is 9.41. The number of carbonyl (C=O) groups excluding carboxylic acids is 2. The maximum absolute atomic E-state index is 12.8.